The smallest absolute Gasteiger partial charge is 0.257 e. The van der Waals surface area contributed by atoms with E-state index in [1.165, 1.54) is 5.69 Å². The van der Waals surface area contributed by atoms with E-state index in [1.54, 1.807) is 0 Å². The summed E-state index contributed by atoms with van der Waals surface area (Å²) in [4.78, 5) is 17.3. The molecule has 0 saturated carbocycles. The van der Waals surface area contributed by atoms with E-state index in [2.05, 4.69) is 50.8 Å². The van der Waals surface area contributed by atoms with Gasteiger partial charge in [-0.05, 0) is 42.5 Å². The van der Waals surface area contributed by atoms with Crippen LogP contribution in [0.1, 0.15) is 10.4 Å². The molecular formula is C24H25N4O. The molecule has 1 heterocycles. The highest BCUT2D eigenvalue weighted by atomic mass is 16.1. The summed E-state index contributed by atoms with van der Waals surface area (Å²) in [5.41, 5.74) is 4.58. The first-order valence-electron chi connectivity index (χ1n) is 9.89. The van der Waals surface area contributed by atoms with E-state index in [1.807, 2.05) is 55.6 Å². The third-order valence-electron chi connectivity index (χ3n) is 5.24. The number of hydrogen-bond acceptors (Lipinski definition) is 4. The summed E-state index contributed by atoms with van der Waals surface area (Å²) in [5.74, 6) is -0.115. The van der Waals surface area contributed by atoms with E-state index in [-0.39, 0.29) is 5.91 Å². The first-order valence-corrected chi connectivity index (χ1v) is 9.89. The van der Waals surface area contributed by atoms with Gasteiger partial charge < -0.3 is 20.4 Å². The maximum Gasteiger partial charge on any atom is 0.257 e. The van der Waals surface area contributed by atoms with Crippen LogP contribution < -0.4 is 20.4 Å². The van der Waals surface area contributed by atoms with Crippen molar-refractivity contribution in [2.24, 2.45) is 0 Å². The van der Waals surface area contributed by atoms with Gasteiger partial charge in [-0.3, -0.25) is 4.79 Å². The summed E-state index contributed by atoms with van der Waals surface area (Å²) in [6.45, 7) is 3.87. The fourth-order valence-electron chi connectivity index (χ4n) is 3.64. The van der Waals surface area contributed by atoms with Crippen molar-refractivity contribution in [3.63, 3.8) is 0 Å². The molecular weight excluding hydrogens is 360 g/mol. The lowest BCUT2D eigenvalue weighted by Crippen LogP contribution is -2.46. The minimum Gasteiger partial charge on any atom is -0.387 e. The maximum atomic E-state index is 12.6. The summed E-state index contributed by atoms with van der Waals surface area (Å²) >= 11 is 0. The lowest BCUT2D eigenvalue weighted by atomic mass is 10.1. The monoisotopic (exact) mass is 385 g/mol. The lowest BCUT2D eigenvalue weighted by Gasteiger charge is -2.37. The van der Waals surface area contributed by atoms with Crippen molar-refractivity contribution >= 4 is 28.7 Å². The number of anilines is 4. The van der Waals surface area contributed by atoms with Gasteiger partial charge in [0.15, 0.2) is 0 Å². The predicted molar refractivity (Wildman–Crippen MR) is 120 cm³/mol. The van der Waals surface area contributed by atoms with Gasteiger partial charge in [-0.1, -0.05) is 30.3 Å². The maximum absolute atomic E-state index is 12.6. The van der Waals surface area contributed by atoms with E-state index in [0.29, 0.717) is 5.56 Å². The molecule has 1 aliphatic rings. The van der Waals surface area contributed by atoms with E-state index >= 15 is 0 Å². The molecule has 147 valence electrons. The normalized spacial score (nSPS) is 13.8. The highest BCUT2D eigenvalue weighted by Crippen LogP contribution is 2.23. The summed E-state index contributed by atoms with van der Waals surface area (Å²) in [5, 5.41) is 6.04. The van der Waals surface area contributed by atoms with Gasteiger partial charge >= 0.3 is 0 Å². The molecule has 1 radical (unpaired) electrons. The van der Waals surface area contributed by atoms with Crippen LogP contribution in [0, 0.1) is 6.07 Å². The molecule has 0 bridgehead atoms. The van der Waals surface area contributed by atoms with Crippen molar-refractivity contribution in [2.45, 2.75) is 0 Å². The van der Waals surface area contributed by atoms with Crippen molar-refractivity contribution in [3.05, 3.63) is 84.4 Å². The predicted octanol–water partition coefficient (Wildman–Crippen LogP) is 4.11. The Balaban J connectivity index is 1.37. The minimum absolute atomic E-state index is 0.115. The Bertz CT molecular complexity index is 948. The fraction of sp³-hybridized carbons (Fsp3) is 0.208. The van der Waals surface area contributed by atoms with Gasteiger partial charge in [0, 0.05) is 62.0 Å². The van der Waals surface area contributed by atoms with Crippen LogP contribution in [-0.4, -0.2) is 39.1 Å². The van der Waals surface area contributed by atoms with Crippen LogP contribution in [0.2, 0.25) is 0 Å². The average Bonchev–Trinajstić information content (AvgIpc) is 2.80. The summed E-state index contributed by atoms with van der Waals surface area (Å²) in [6, 6.07) is 27.0. The number of carbonyl (C=O) groups excluding carboxylic acids is 1. The number of amides is 1. The second kappa shape index (κ2) is 8.69. The highest BCUT2D eigenvalue weighted by molar-refractivity contribution is 6.08. The van der Waals surface area contributed by atoms with Crippen molar-refractivity contribution in [3.8, 4) is 0 Å². The molecule has 1 amide bonds. The third kappa shape index (κ3) is 4.35. The molecule has 1 fully saturated rings. The number of nitrogens with zero attached hydrogens (tertiary/aromatic N) is 2. The lowest BCUT2D eigenvalue weighted by molar-refractivity contribution is 0.102. The van der Waals surface area contributed by atoms with Gasteiger partial charge in [0.25, 0.3) is 5.91 Å². The van der Waals surface area contributed by atoms with E-state index in [4.69, 9.17) is 0 Å². The Morgan fingerprint density at radius 3 is 2.24 bits per heavy atom. The Labute approximate surface area is 172 Å². The molecule has 1 aliphatic heterocycles. The first-order chi connectivity index (χ1) is 14.2. The first kappa shape index (κ1) is 18.9. The molecule has 29 heavy (non-hydrogen) atoms. The quantitative estimate of drug-likeness (QED) is 0.694. The summed E-state index contributed by atoms with van der Waals surface area (Å²) in [6.07, 6.45) is 0. The van der Waals surface area contributed by atoms with Crippen LogP contribution >= 0.6 is 0 Å². The zero-order chi connectivity index (χ0) is 20.1. The van der Waals surface area contributed by atoms with Gasteiger partial charge in [-0.15, -0.1) is 0 Å². The number of carbonyl (C=O) groups is 1. The third-order valence-corrected chi connectivity index (χ3v) is 5.24. The largest absolute Gasteiger partial charge is 0.387 e. The molecule has 5 heteroatoms. The Hall–Kier alpha value is -3.47. The topological polar surface area (TPSA) is 47.6 Å². The number of hydrogen-bond donors (Lipinski definition) is 2. The summed E-state index contributed by atoms with van der Waals surface area (Å²) in [7, 11) is 1.82. The van der Waals surface area contributed by atoms with Crippen molar-refractivity contribution < 1.29 is 4.79 Å². The van der Waals surface area contributed by atoms with Crippen LogP contribution in [0.3, 0.4) is 0 Å². The average molecular weight is 385 g/mol. The fourth-order valence-corrected chi connectivity index (χ4v) is 3.64. The van der Waals surface area contributed by atoms with Crippen LogP contribution in [0.4, 0.5) is 22.7 Å². The zero-order valence-corrected chi connectivity index (χ0v) is 16.6. The highest BCUT2D eigenvalue weighted by Gasteiger charge is 2.17. The number of nitrogens with one attached hydrogen (secondary N) is 2. The zero-order valence-electron chi connectivity index (χ0n) is 16.6. The van der Waals surface area contributed by atoms with Crippen LogP contribution in [-0.2, 0) is 0 Å². The Morgan fingerprint density at radius 1 is 0.862 bits per heavy atom. The SMILES string of the molecule is CNc1ccccc1C(=O)Nc1ccc(N2CCN(c3[c]cccc3)CC2)cc1. The van der Waals surface area contributed by atoms with Gasteiger partial charge in [0.05, 0.1) is 5.56 Å². The molecule has 0 spiro atoms. The van der Waals surface area contributed by atoms with Crippen LogP contribution in [0.5, 0.6) is 0 Å². The number of benzene rings is 3. The molecule has 3 aromatic carbocycles. The molecule has 0 atom stereocenters. The number of piperazine rings is 1. The van der Waals surface area contributed by atoms with Crippen molar-refractivity contribution in [2.75, 3.05) is 53.7 Å². The van der Waals surface area contributed by atoms with Gasteiger partial charge in [0.2, 0.25) is 0 Å². The summed E-state index contributed by atoms with van der Waals surface area (Å²) < 4.78 is 0. The molecule has 4 rings (SSSR count). The van der Waals surface area contributed by atoms with Crippen molar-refractivity contribution in [1.82, 2.24) is 0 Å². The minimum atomic E-state index is -0.115. The molecule has 2 N–H and O–H groups in total. The second-order valence-corrected chi connectivity index (χ2v) is 7.02. The molecule has 0 aromatic heterocycles. The number of rotatable bonds is 5. The second-order valence-electron chi connectivity index (χ2n) is 7.02. The van der Waals surface area contributed by atoms with Crippen molar-refractivity contribution in [1.29, 1.82) is 0 Å². The van der Waals surface area contributed by atoms with Crippen LogP contribution in [0.25, 0.3) is 0 Å². The van der Waals surface area contributed by atoms with Crippen LogP contribution in [0.15, 0.2) is 72.8 Å². The molecule has 0 unspecified atom stereocenters. The van der Waals surface area contributed by atoms with E-state index < -0.39 is 0 Å². The van der Waals surface area contributed by atoms with Gasteiger partial charge in [-0.25, -0.2) is 0 Å². The molecule has 5 nitrogen and oxygen atoms in total. The van der Waals surface area contributed by atoms with E-state index in [0.717, 1.165) is 43.2 Å². The molecule has 3 aromatic rings. The molecule has 0 aliphatic carbocycles. The molecule has 1 saturated heterocycles. The van der Waals surface area contributed by atoms with E-state index in [9.17, 15) is 4.79 Å². The number of para-hydroxylation sites is 2. The van der Waals surface area contributed by atoms with Gasteiger partial charge in [0.1, 0.15) is 0 Å². The Morgan fingerprint density at radius 2 is 1.55 bits per heavy atom. The standard InChI is InChI=1S/C24H25N4O/c1-25-23-10-6-5-9-22(23)24(29)26-19-11-13-21(14-12-19)28-17-15-27(16-18-28)20-7-3-2-4-8-20/h2-7,9-14,25H,15-18H2,1H3,(H,26,29). The Kier molecular flexibility index (Phi) is 5.66. The van der Waals surface area contributed by atoms with Gasteiger partial charge in [-0.2, -0.15) is 0 Å².